The Morgan fingerprint density at radius 2 is 1.58 bits per heavy atom. The largest absolute Gasteiger partial charge is 0.0628 e. The van der Waals surface area contributed by atoms with Gasteiger partial charge >= 0.3 is 0 Å². The molecule has 0 heteroatoms. The molecule has 72 valence electrons. The van der Waals surface area contributed by atoms with Gasteiger partial charge in [0.05, 0.1) is 0 Å². The van der Waals surface area contributed by atoms with Crippen LogP contribution in [-0.4, -0.2) is 0 Å². The summed E-state index contributed by atoms with van der Waals surface area (Å²) in [4.78, 5) is 0. The summed E-state index contributed by atoms with van der Waals surface area (Å²) >= 11 is 0. The van der Waals surface area contributed by atoms with E-state index in [2.05, 4.69) is 34.6 Å². The molecule has 0 aromatic rings. The van der Waals surface area contributed by atoms with E-state index in [0.717, 1.165) is 17.8 Å². The van der Waals surface area contributed by atoms with Crippen molar-refractivity contribution in [1.29, 1.82) is 0 Å². The molecule has 0 amide bonds. The molecular weight excluding hydrogens is 144 g/mol. The molecule has 0 aromatic carbocycles. The summed E-state index contributed by atoms with van der Waals surface area (Å²) in [6.07, 6.45) is 4.34. The van der Waals surface area contributed by atoms with Crippen molar-refractivity contribution in [3.8, 4) is 0 Å². The third-order valence-electron chi connectivity index (χ3n) is 3.83. The van der Waals surface area contributed by atoms with Gasteiger partial charge in [-0.15, -0.1) is 0 Å². The van der Waals surface area contributed by atoms with Crippen LogP contribution in [0.5, 0.6) is 0 Å². The first-order valence-corrected chi connectivity index (χ1v) is 5.46. The molecule has 1 rings (SSSR count). The second-order valence-electron chi connectivity index (χ2n) is 5.55. The van der Waals surface area contributed by atoms with Crippen LogP contribution in [0, 0.1) is 23.2 Å². The van der Waals surface area contributed by atoms with Gasteiger partial charge in [-0.25, -0.2) is 0 Å². The second-order valence-corrected chi connectivity index (χ2v) is 5.55. The smallest absolute Gasteiger partial charge is 0.0297 e. The monoisotopic (exact) mass is 168 g/mol. The van der Waals surface area contributed by atoms with Gasteiger partial charge in [0, 0.05) is 0 Å². The molecule has 12 heavy (non-hydrogen) atoms. The van der Waals surface area contributed by atoms with Gasteiger partial charge < -0.3 is 0 Å². The lowest BCUT2D eigenvalue weighted by molar-refractivity contribution is 0.229. The first-order chi connectivity index (χ1) is 5.46. The lowest BCUT2D eigenvalue weighted by atomic mass is 9.79. The van der Waals surface area contributed by atoms with E-state index in [-0.39, 0.29) is 0 Å². The number of hydrogen-bond acceptors (Lipinski definition) is 0. The van der Waals surface area contributed by atoms with Crippen LogP contribution in [0.1, 0.15) is 53.9 Å². The SMILES string of the molecule is CC(C)CC(C)C(C)C1(C)CC1. The third kappa shape index (κ3) is 2.24. The van der Waals surface area contributed by atoms with Crippen molar-refractivity contribution in [2.75, 3.05) is 0 Å². The van der Waals surface area contributed by atoms with E-state index in [4.69, 9.17) is 0 Å². The summed E-state index contributed by atoms with van der Waals surface area (Å²) < 4.78 is 0. The summed E-state index contributed by atoms with van der Waals surface area (Å²) in [5.74, 6) is 2.71. The van der Waals surface area contributed by atoms with E-state index in [0.29, 0.717) is 5.41 Å². The van der Waals surface area contributed by atoms with Gasteiger partial charge in [0.25, 0.3) is 0 Å². The summed E-state index contributed by atoms with van der Waals surface area (Å²) in [7, 11) is 0. The van der Waals surface area contributed by atoms with Gasteiger partial charge in [-0.3, -0.25) is 0 Å². The van der Waals surface area contributed by atoms with E-state index in [1.54, 1.807) is 0 Å². The lowest BCUT2D eigenvalue weighted by Crippen LogP contribution is -2.18. The van der Waals surface area contributed by atoms with E-state index < -0.39 is 0 Å². The first-order valence-electron chi connectivity index (χ1n) is 5.46. The summed E-state index contributed by atoms with van der Waals surface area (Å²) in [5.41, 5.74) is 0.717. The van der Waals surface area contributed by atoms with Crippen molar-refractivity contribution in [2.45, 2.75) is 53.9 Å². The van der Waals surface area contributed by atoms with Gasteiger partial charge in [0.15, 0.2) is 0 Å². The van der Waals surface area contributed by atoms with Crippen LogP contribution in [0.25, 0.3) is 0 Å². The Morgan fingerprint density at radius 3 is 1.92 bits per heavy atom. The molecule has 1 saturated carbocycles. The molecule has 0 aliphatic heterocycles. The van der Waals surface area contributed by atoms with Crippen molar-refractivity contribution < 1.29 is 0 Å². The fourth-order valence-electron chi connectivity index (χ4n) is 2.29. The quantitative estimate of drug-likeness (QED) is 0.592. The Labute approximate surface area is 77.7 Å². The molecule has 0 N–H and O–H groups in total. The van der Waals surface area contributed by atoms with E-state index in [1.807, 2.05) is 0 Å². The van der Waals surface area contributed by atoms with Crippen LogP contribution in [-0.2, 0) is 0 Å². The standard InChI is InChI=1S/C12H24/c1-9(2)8-10(3)11(4)12(5)6-7-12/h9-11H,6-8H2,1-5H3. The average Bonchev–Trinajstić information content (AvgIpc) is 2.66. The summed E-state index contributed by atoms with van der Waals surface area (Å²) in [6, 6.07) is 0. The second kappa shape index (κ2) is 3.40. The Morgan fingerprint density at radius 1 is 1.08 bits per heavy atom. The molecule has 0 bridgehead atoms. The zero-order valence-electron chi connectivity index (χ0n) is 9.35. The average molecular weight is 168 g/mol. The molecule has 1 aliphatic rings. The fraction of sp³-hybridized carbons (Fsp3) is 1.00. The highest BCUT2D eigenvalue weighted by molar-refractivity contribution is 4.94. The predicted octanol–water partition coefficient (Wildman–Crippen LogP) is 4.10. The van der Waals surface area contributed by atoms with Gasteiger partial charge in [0.2, 0.25) is 0 Å². The van der Waals surface area contributed by atoms with Crippen LogP contribution in [0.2, 0.25) is 0 Å². The van der Waals surface area contributed by atoms with Gasteiger partial charge in [-0.1, -0.05) is 34.6 Å². The molecule has 0 spiro atoms. The lowest BCUT2D eigenvalue weighted by Gasteiger charge is -2.27. The van der Waals surface area contributed by atoms with Crippen LogP contribution >= 0.6 is 0 Å². The molecule has 0 saturated heterocycles. The third-order valence-corrected chi connectivity index (χ3v) is 3.83. The highest BCUT2D eigenvalue weighted by atomic mass is 14.5. The molecule has 1 aliphatic carbocycles. The minimum absolute atomic E-state index is 0.717. The normalized spacial score (nSPS) is 25.5. The zero-order valence-corrected chi connectivity index (χ0v) is 9.35. The van der Waals surface area contributed by atoms with E-state index in [1.165, 1.54) is 19.3 Å². The minimum Gasteiger partial charge on any atom is -0.0628 e. The topological polar surface area (TPSA) is 0 Å². The van der Waals surface area contributed by atoms with Gasteiger partial charge in [0.1, 0.15) is 0 Å². The molecule has 0 heterocycles. The molecule has 0 aromatic heterocycles. The Kier molecular flexibility index (Phi) is 2.85. The van der Waals surface area contributed by atoms with E-state index >= 15 is 0 Å². The van der Waals surface area contributed by atoms with E-state index in [9.17, 15) is 0 Å². The number of hydrogen-bond donors (Lipinski definition) is 0. The van der Waals surface area contributed by atoms with Gasteiger partial charge in [-0.2, -0.15) is 0 Å². The van der Waals surface area contributed by atoms with Gasteiger partial charge in [-0.05, 0) is 42.4 Å². The van der Waals surface area contributed by atoms with Crippen molar-refractivity contribution in [1.82, 2.24) is 0 Å². The van der Waals surface area contributed by atoms with Crippen molar-refractivity contribution in [3.05, 3.63) is 0 Å². The highest BCUT2D eigenvalue weighted by Crippen LogP contribution is 2.54. The van der Waals surface area contributed by atoms with Crippen molar-refractivity contribution >= 4 is 0 Å². The number of rotatable bonds is 4. The highest BCUT2D eigenvalue weighted by Gasteiger charge is 2.44. The van der Waals surface area contributed by atoms with Crippen LogP contribution in [0.4, 0.5) is 0 Å². The van der Waals surface area contributed by atoms with Crippen LogP contribution < -0.4 is 0 Å². The molecule has 1 fully saturated rings. The van der Waals surface area contributed by atoms with Crippen molar-refractivity contribution in [2.24, 2.45) is 23.2 Å². The minimum atomic E-state index is 0.717. The van der Waals surface area contributed by atoms with Crippen molar-refractivity contribution in [3.63, 3.8) is 0 Å². The zero-order chi connectivity index (χ0) is 9.35. The first kappa shape index (κ1) is 10.1. The predicted molar refractivity (Wildman–Crippen MR) is 55.1 cm³/mol. The molecular formula is C12H24. The molecule has 0 radical (unpaired) electrons. The Bertz CT molecular complexity index is 142. The Hall–Kier alpha value is 0. The molecule has 2 atom stereocenters. The fourth-order valence-corrected chi connectivity index (χ4v) is 2.29. The maximum absolute atomic E-state index is 2.45. The molecule has 0 nitrogen and oxygen atoms in total. The molecule has 2 unspecified atom stereocenters. The summed E-state index contributed by atoms with van der Waals surface area (Å²) in [6.45, 7) is 12.0. The Balaban J connectivity index is 2.36. The summed E-state index contributed by atoms with van der Waals surface area (Å²) in [5, 5.41) is 0. The van der Waals surface area contributed by atoms with Crippen LogP contribution in [0.15, 0.2) is 0 Å². The maximum atomic E-state index is 2.45. The van der Waals surface area contributed by atoms with Crippen LogP contribution in [0.3, 0.4) is 0 Å². The maximum Gasteiger partial charge on any atom is -0.0297 e.